The molecule has 0 spiro atoms. The van der Waals surface area contributed by atoms with Crippen LogP contribution >= 0.6 is 11.6 Å². The van der Waals surface area contributed by atoms with Crippen LogP contribution in [0.2, 0.25) is 5.02 Å². The molecule has 0 unspecified atom stereocenters. The highest BCUT2D eigenvalue weighted by Gasteiger charge is 2.50. The van der Waals surface area contributed by atoms with E-state index in [9.17, 15) is 26.0 Å². The number of nitrogens with zero attached hydrogens (tertiary/aromatic N) is 1. The van der Waals surface area contributed by atoms with Crippen molar-refractivity contribution in [2.24, 2.45) is 0 Å². The summed E-state index contributed by atoms with van der Waals surface area (Å²) in [6, 6.07) is 8.59. The maximum Gasteiger partial charge on any atom is 0.516 e. The molecular weight excluding hydrogens is 422 g/mol. The van der Waals surface area contributed by atoms with Crippen LogP contribution in [0, 0.1) is 5.82 Å². The highest BCUT2D eigenvalue weighted by molar-refractivity contribution is 7.93. The Morgan fingerprint density at radius 2 is 1.79 bits per heavy atom. The second-order valence-corrected chi connectivity index (χ2v) is 8.20. The van der Waals surface area contributed by atoms with Gasteiger partial charge in [0.1, 0.15) is 0 Å². The summed E-state index contributed by atoms with van der Waals surface area (Å²) in [4.78, 5) is 0. The van der Waals surface area contributed by atoms with E-state index in [0.29, 0.717) is 5.57 Å². The molecule has 0 bridgehead atoms. The topological polar surface area (TPSA) is 46.6 Å². The molecule has 28 heavy (non-hydrogen) atoms. The molecule has 0 aromatic heterocycles. The van der Waals surface area contributed by atoms with Crippen LogP contribution in [0.5, 0.6) is 11.5 Å². The normalized spacial score (nSPS) is 11.8. The Bertz CT molecular complexity index is 987. The summed E-state index contributed by atoms with van der Waals surface area (Å²) < 4.78 is 83.3. The summed E-state index contributed by atoms with van der Waals surface area (Å²) in [5.41, 5.74) is -5.37. The van der Waals surface area contributed by atoms with Gasteiger partial charge in [-0.25, -0.2) is 4.39 Å². The van der Waals surface area contributed by atoms with Gasteiger partial charge in [-0.05, 0) is 38.1 Å². The van der Waals surface area contributed by atoms with E-state index in [1.54, 1.807) is 13.8 Å². The average Bonchev–Trinajstić information content (AvgIpc) is 2.57. The number of ether oxygens (including phenoxy) is 1. The van der Waals surface area contributed by atoms with Gasteiger partial charge in [0.2, 0.25) is 0 Å². The fraction of sp³-hybridized carbons (Fsp3) is 0.222. The summed E-state index contributed by atoms with van der Waals surface area (Å²) in [7, 11) is -5.75. The van der Waals surface area contributed by atoms with E-state index in [0.717, 1.165) is 18.2 Å². The second kappa shape index (κ2) is 8.40. The molecule has 0 N–H and O–H groups in total. The van der Waals surface area contributed by atoms with Gasteiger partial charge in [-0.3, -0.25) is 4.31 Å². The Balaban J connectivity index is 2.63. The van der Waals surface area contributed by atoms with Gasteiger partial charge >= 0.3 is 15.5 Å². The van der Waals surface area contributed by atoms with Gasteiger partial charge in [0, 0.05) is 11.1 Å². The first-order chi connectivity index (χ1) is 12.9. The van der Waals surface area contributed by atoms with Crippen molar-refractivity contribution in [3.63, 3.8) is 0 Å². The van der Waals surface area contributed by atoms with Gasteiger partial charge in [0.25, 0.3) is 0 Å². The Hall–Kier alpha value is -2.26. The number of sulfonamides is 1. The maximum atomic E-state index is 13.9. The molecule has 0 amide bonds. The highest BCUT2D eigenvalue weighted by atomic mass is 35.5. The monoisotopic (exact) mass is 437 g/mol. The minimum absolute atomic E-state index is 0.0710. The van der Waals surface area contributed by atoms with Crippen molar-refractivity contribution in [3.05, 3.63) is 65.0 Å². The Morgan fingerprint density at radius 1 is 1.14 bits per heavy atom. The van der Waals surface area contributed by atoms with Gasteiger partial charge in [-0.15, -0.1) is 0 Å². The van der Waals surface area contributed by atoms with Crippen LogP contribution < -0.4 is 9.04 Å². The first-order valence-electron chi connectivity index (χ1n) is 7.88. The third-order valence-corrected chi connectivity index (χ3v) is 5.24. The summed E-state index contributed by atoms with van der Waals surface area (Å²) in [6.45, 7) is 2.62. The third-order valence-electron chi connectivity index (χ3n) is 3.50. The predicted molar refractivity (Wildman–Crippen MR) is 99.7 cm³/mol. The number of alkyl halides is 3. The van der Waals surface area contributed by atoms with Crippen molar-refractivity contribution in [2.45, 2.75) is 19.4 Å². The largest absolute Gasteiger partial charge is 0.516 e. The van der Waals surface area contributed by atoms with Gasteiger partial charge in [0.15, 0.2) is 17.3 Å². The van der Waals surface area contributed by atoms with Crippen LogP contribution in [-0.4, -0.2) is 20.5 Å². The smallest absolute Gasteiger partial charge is 0.452 e. The third kappa shape index (κ3) is 4.96. The number of allylic oxidation sites excluding steroid dienone is 1. The Kier molecular flexibility index (Phi) is 6.61. The zero-order chi connectivity index (χ0) is 21.1. The van der Waals surface area contributed by atoms with E-state index in [2.05, 4.69) is 0 Å². The second-order valence-electron chi connectivity index (χ2n) is 5.91. The molecule has 0 aliphatic rings. The minimum Gasteiger partial charge on any atom is -0.452 e. The molecule has 0 aliphatic heterocycles. The van der Waals surface area contributed by atoms with Crippen molar-refractivity contribution >= 4 is 27.3 Å². The molecule has 0 heterocycles. The van der Waals surface area contributed by atoms with Crippen molar-refractivity contribution in [2.75, 3.05) is 10.8 Å². The molecule has 2 aromatic carbocycles. The van der Waals surface area contributed by atoms with Gasteiger partial charge in [0.05, 0.1) is 12.2 Å². The first-order valence-corrected chi connectivity index (χ1v) is 9.69. The summed E-state index contributed by atoms with van der Waals surface area (Å²) >= 11 is 5.88. The number of rotatable bonds is 6. The van der Waals surface area contributed by atoms with Crippen molar-refractivity contribution < 1.29 is 30.7 Å². The number of hydrogen-bond acceptors (Lipinski definition) is 3. The predicted octanol–water partition coefficient (Wildman–Crippen LogP) is 5.89. The zero-order valence-electron chi connectivity index (χ0n) is 14.8. The van der Waals surface area contributed by atoms with Crippen molar-refractivity contribution in [1.82, 2.24) is 0 Å². The Morgan fingerprint density at radius 3 is 2.36 bits per heavy atom. The van der Waals surface area contributed by atoms with E-state index >= 15 is 0 Å². The average molecular weight is 438 g/mol. The number of benzene rings is 2. The molecule has 0 atom stereocenters. The lowest BCUT2D eigenvalue weighted by atomic mass is 10.2. The van der Waals surface area contributed by atoms with E-state index < -0.39 is 33.6 Å². The molecule has 0 saturated carbocycles. The molecule has 0 fully saturated rings. The molecular formula is C18H16ClF4NO3S. The summed E-state index contributed by atoms with van der Waals surface area (Å²) in [6.07, 6.45) is 1.31. The van der Waals surface area contributed by atoms with Gasteiger partial charge in [-0.2, -0.15) is 21.6 Å². The zero-order valence-corrected chi connectivity index (χ0v) is 16.4. The number of halogens is 5. The van der Waals surface area contributed by atoms with E-state index in [1.165, 1.54) is 30.3 Å². The number of para-hydroxylation sites is 1. The van der Waals surface area contributed by atoms with Gasteiger partial charge in [-0.1, -0.05) is 35.4 Å². The van der Waals surface area contributed by atoms with E-state index in [1.807, 2.05) is 0 Å². The number of hydrogen-bond donors (Lipinski definition) is 0. The molecule has 4 nitrogen and oxygen atoms in total. The fourth-order valence-electron chi connectivity index (χ4n) is 2.14. The highest BCUT2D eigenvalue weighted by Crippen LogP contribution is 2.40. The molecule has 2 rings (SSSR count). The standard InChI is InChI=1S/C18H16ClF4NO3S/c1-12(2)9-10-24(28(25,26)18(21,22)23)15-8-7-13(19)11-17(15)27-16-6-4-3-5-14(16)20/h3-9,11H,10H2,1-2H3. The van der Waals surface area contributed by atoms with Crippen molar-refractivity contribution in [3.8, 4) is 11.5 Å². The van der Waals surface area contributed by atoms with Gasteiger partial charge < -0.3 is 4.74 Å². The molecule has 0 radical (unpaired) electrons. The minimum atomic E-state index is -5.75. The van der Waals surface area contributed by atoms with Crippen LogP contribution in [-0.2, 0) is 10.0 Å². The van der Waals surface area contributed by atoms with Crippen LogP contribution in [0.15, 0.2) is 54.1 Å². The SMILES string of the molecule is CC(C)=CCN(c1ccc(Cl)cc1Oc1ccccc1F)S(=O)(=O)C(F)(F)F. The fourth-order valence-corrected chi connectivity index (χ4v) is 3.23. The van der Waals surface area contributed by atoms with Crippen LogP contribution in [0.4, 0.5) is 23.2 Å². The van der Waals surface area contributed by atoms with Crippen LogP contribution in [0.25, 0.3) is 0 Å². The maximum absolute atomic E-state index is 13.9. The summed E-state index contributed by atoms with van der Waals surface area (Å²) in [5, 5.41) is 0.0710. The molecule has 152 valence electrons. The first kappa shape index (κ1) is 22.0. The lowest BCUT2D eigenvalue weighted by molar-refractivity contribution is -0.0437. The van der Waals surface area contributed by atoms with E-state index in [-0.39, 0.29) is 20.8 Å². The molecule has 0 saturated heterocycles. The Labute approximate surface area is 165 Å². The molecule has 0 aliphatic carbocycles. The lowest BCUT2D eigenvalue weighted by Gasteiger charge is -2.26. The lowest BCUT2D eigenvalue weighted by Crippen LogP contribution is -2.41. The molecule has 10 heteroatoms. The quantitative estimate of drug-likeness (QED) is 0.418. The van der Waals surface area contributed by atoms with E-state index in [4.69, 9.17) is 16.3 Å². The molecule has 2 aromatic rings. The van der Waals surface area contributed by atoms with Crippen LogP contribution in [0.3, 0.4) is 0 Å². The summed E-state index contributed by atoms with van der Waals surface area (Å²) in [5.74, 6) is -1.41. The number of anilines is 1. The van der Waals surface area contributed by atoms with Crippen LogP contribution in [0.1, 0.15) is 13.8 Å². The van der Waals surface area contributed by atoms with Crippen molar-refractivity contribution in [1.29, 1.82) is 0 Å².